The maximum Gasteiger partial charge on any atom is 0.323 e. The monoisotopic (exact) mass is 667 g/mol. The number of nitrogens with one attached hydrogen (secondary N) is 2. The van der Waals surface area contributed by atoms with Crippen molar-refractivity contribution < 1.29 is 24.2 Å². The van der Waals surface area contributed by atoms with Gasteiger partial charge in [0.05, 0.1) is 36.1 Å². The number of carbonyl (C=O) groups is 2. The lowest BCUT2D eigenvalue weighted by atomic mass is 10.0. The maximum atomic E-state index is 14.5. The molecular weight excluding hydrogens is 618 g/mol. The van der Waals surface area contributed by atoms with Gasteiger partial charge in [-0.05, 0) is 87.5 Å². The third-order valence-electron chi connectivity index (χ3n) is 9.04. The zero-order chi connectivity index (χ0) is 34.8. The van der Waals surface area contributed by atoms with Crippen molar-refractivity contribution in [2.75, 3.05) is 44.0 Å². The van der Waals surface area contributed by atoms with Crippen molar-refractivity contribution in [3.05, 3.63) is 96.3 Å². The first kappa shape index (κ1) is 35.8. The van der Waals surface area contributed by atoms with Gasteiger partial charge in [0.1, 0.15) is 5.75 Å². The highest BCUT2D eigenvalue weighted by Gasteiger charge is 2.30. The van der Waals surface area contributed by atoms with Crippen LogP contribution in [0.3, 0.4) is 0 Å². The number of hydrogen-bond acceptors (Lipinski definition) is 7. The van der Waals surface area contributed by atoms with E-state index in [0.717, 1.165) is 42.1 Å². The van der Waals surface area contributed by atoms with E-state index in [9.17, 15) is 14.7 Å². The van der Waals surface area contributed by atoms with Crippen LogP contribution in [0.25, 0.3) is 10.8 Å². The van der Waals surface area contributed by atoms with Crippen LogP contribution in [-0.2, 0) is 11.3 Å². The Hall–Kier alpha value is -4.51. The number of carbonyl (C=O) groups excluding carboxylic acids is 2. The molecule has 4 atom stereocenters. The highest BCUT2D eigenvalue weighted by Crippen LogP contribution is 2.29. The predicted molar refractivity (Wildman–Crippen MR) is 194 cm³/mol. The molecule has 4 aromatic rings. The van der Waals surface area contributed by atoms with Crippen molar-refractivity contribution in [1.82, 2.24) is 14.8 Å². The largest absolute Gasteiger partial charge is 0.490 e. The predicted octanol–water partition coefficient (Wildman–Crippen LogP) is 6.81. The fraction of sp³-hybridized carbons (Fsp3) is 0.410. The van der Waals surface area contributed by atoms with Crippen LogP contribution in [0.4, 0.5) is 16.2 Å². The van der Waals surface area contributed by atoms with Crippen LogP contribution < -0.4 is 15.4 Å². The van der Waals surface area contributed by atoms with Crippen molar-refractivity contribution in [3.8, 4) is 5.75 Å². The standard InChI is InChI=1S/C39H49N5O5/c1-27-23-44(28(2)26-45)38(46)34-22-32(41-39(47)42-35-14-9-12-31-11-5-6-13-33(31)35)15-16-36(34)49-29(3)10-7-8-21-48-37(27)25-43(4)24-30-17-19-40-20-18-30/h5-6,9,11-20,22,27-29,37,45H,7-8,10,21,23-26H2,1-4H3,(H2,41,42,47)/t27-,28+,29+,37-/m0/s1. The summed E-state index contributed by atoms with van der Waals surface area (Å²) in [7, 11) is 2.07. The van der Waals surface area contributed by atoms with Gasteiger partial charge in [0.2, 0.25) is 0 Å². The molecule has 5 rings (SSSR count). The summed E-state index contributed by atoms with van der Waals surface area (Å²) in [6, 6.07) is 21.9. The molecule has 1 aliphatic heterocycles. The summed E-state index contributed by atoms with van der Waals surface area (Å²) in [6.45, 7) is 8.12. The SMILES string of the molecule is C[C@@H]1CCCCO[C@@H](CN(C)Cc2ccncc2)[C@@H](C)CN([C@H](C)CO)C(=O)c2cc(NC(=O)Nc3cccc4ccccc34)ccc2O1. The third-order valence-corrected chi connectivity index (χ3v) is 9.04. The molecule has 0 saturated carbocycles. The maximum absolute atomic E-state index is 14.5. The molecule has 0 bridgehead atoms. The zero-order valence-corrected chi connectivity index (χ0v) is 29.0. The van der Waals surface area contributed by atoms with Crippen LogP contribution in [0.15, 0.2) is 85.2 Å². The molecule has 0 spiro atoms. The molecule has 1 aliphatic rings. The highest BCUT2D eigenvalue weighted by molar-refractivity contribution is 6.07. The van der Waals surface area contributed by atoms with Crippen molar-refractivity contribution >= 4 is 34.1 Å². The van der Waals surface area contributed by atoms with E-state index in [1.807, 2.05) is 68.4 Å². The topological polar surface area (TPSA) is 116 Å². The van der Waals surface area contributed by atoms with Crippen molar-refractivity contribution in [2.24, 2.45) is 5.92 Å². The van der Waals surface area contributed by atoms with Crippen LogP contribution in [0.5, 0.6) is 5.75 Å². The Morgan fingerprint density at radius 1 is 1.04 bits per heavy atom. The highest BCUT2D eigenvalue weighted by atomic mass is 16.5. The first-order chi connectivity index (χ1) is 23.7. The van der Waals surface area contributed by atoms with E-state index >= 15 is 0 Å². The smallest absolute Gasteiger partial charge is 0.323 e. The van der Waals surface area contributed by atoms with E-state index in [0.29, 0.717) is 42.4 Å². The molecule has 10 nitrogen and oxygen atoms in total. The number of rotatable bonds is 8. The average molecular weight is 668 g/mol. The van der Waals surface area contributed by atoms with Crippen LogP contribution >= 0.6 is 0 Å². The lowest BCUT2D eigenvalue weighted by Crippen LogP contribution is -2.47. The summed E-state index contributed by atoms with van der Waals surface area (Å²) >= 11 is 0. The van der Waals surface area contributed by atoms with Gasteiger partial charge in [-0.3, -0.25) is 14.7 Å². The Bertz CT molecular complexity index is 1680. The van der Waals surface area contributed by atoms with Gasteiger partial charge < -0.3 is 30.1 Å². The molecule has 0 aliphatic carbocycles. The number of aromatic nitrogens is 1. The van der Waals surface area contributed by atoms with Gasteiger partial charge in [0, 0.05) is 55.6 Å². The average Bonchev–Trinajstić information content (AvgIpc) is 3.10. The number of aliphatic hydroxyl groups excluding tert-OH is 1. The molecule has 10 heteroatoms. The van der Waals surface area contributed by atoms with Gasteiger partial charge in [-0.25, -0.2) is 4.79 Å². The van der Waals surface area contributed by atoms with Gasteiger partial charge in [-0.1, -0.05) is 43.3 Å². The van der Waals surface area contributed by atoms with Crippen LogP contribution in [-0.4, -0.2) is 83.4 Å². The molecule has 2 heterocycles. The number of ether oxygens (including phenoxy) is 2. The number of fused-ring (bicyclic) bond motifs is 2. The second-order valence-corrected chi connectivity index (χ2v) is 13.2. The van der Waals surface area contributed by atoms with Crippen molar-refractivity contribution in [2.45, 2.75) is 64.8 Å². The molecular formula is C39H49N5O5. The summed E-state index contributed by atoms with van der Waals surface area (Å²) in [5.74, 6) is 0.119. The van der Waals surface area contributed by atoms with Gasteiger partial charge in [-0.2, -0.15) is 0 Å². The molecule has 3 amide bonds. The first-order valence-corrected chi connectivity index (χ1v) is 17.2. The lowest BCUT2D eigenvalue weighted by molar-refractivity contribution is -0.0177. The number of likely N-dealkylation sites (N-methyl/N-ethyl adjacent to an activating group) is 1. The van der Waals surface area contributed by atoms with Crippen LogP contribution in [0.1, 0.15) is 56.0 Å². The Morgan fingerprint density at radius 3 is 2.61 bits per heavy atom. The Balaban J connectivity index is 1.39. The molecule has 49 heavy (non-hydrogen) atoms. The first-order valence-electron chi connectivity index (χ1n) is 17.2. The number of amides is 3. The summed E-state index contributed by atoms with van der Waals surface area (Å²) in [5.41, 5.74) is 2.62. The summed E-state index contributed by atoms with van der Waals surface area (Å²) in [6.07, 6.45) is 5.91. The van der Waals surface area contributed by atoms with Crippen molar-refractivity contribution in [1.29, 1.82) is 0 Å². The number of anilines is 2. The molecule has 0 radical (unpaired) electrons. The molecule has 3 N–H and O–H groups in total. The lowest BCUT2D eigenvalue weighted by Gasteiger charge is -2.36. The van der Waals surface area contributed by atoms with E-state index in [4.69, 9.17) is 9.47 Å². The molecule has 0 unspecified atom stereocenters. The van der Waals surface area contributed by atoms with Gasteiger partial charge in [0.15, 0.2) is 0 Å². The molecule has 0 saturated heterocycles. The minimum atomic E-state index is -0.463. The Morgan fingerprint density at radius 2 is 1.82 bits per heavy atom. The summed E-state index contributed by atoms with van der Waals surface area (Å²) in [5, 5.41) is 18.1. The normalized spacial score (nSPS) is 19.8. The minimum Gasteiger partial charge on any atom is -0.490 e. The number of benzene rings is 3. The third kappa shape index (κ3) is 9.78. The number of urea groups is 1. The minimum absolute atomic E-state index is 0.0446. The molecule has 260 valence electrons. The number of nitrogens with zero attached hydrogens (tertiary/aromatic N) is 3. The fourth-order valence-electron chi connectivity index (χ4n) is 6.25. The van der Waals surface area contributed by atoms with E-state index in [2.05, 4.69) is 34.5 Å². The van der Waals surface area contributed by atoms with Crippen LogP contribution in [0, 0.1) is 5.92 Å². The van der Waals surface area contributed by atoms with E-state index < -0.39 is 12.1 Å². The molecule has 1 aromatic heterocycles. The summed E-state index contributed by atoms with van der Waals surface area (Å²) in [4.78, 5) is 35.7. The van der Waals surface area contributed by atoms with Gasteiger partial charge in [-0.15, -0.1) is 0 Å². The Kier molecular flexibility index (Phi) is 12.6. The second-order valence-electron chi connectivity index (χ2n) is 13.2. The van der Waals surface area contributed by atoms with Crippen LogP contribution in [0.2, 0.25) is 0 Å². The van der Waals surface area contributed by atoms with Gasteiger partial charge in [0.25, 0.3) is 5.91 Å². The van der Waals surface area contributed by atoms with E-state index in [1.54, 1.807) is 35.5 Å². The molecule has 3 aromatic carbocycles. The number of pyridine rings is 1. The molecule has 0 fully saturated rings. The van der Waals surface area contributed by atoms with Crippen molar-refractivity contribution in [3.63, 3.8) is 0 Å². The Labute approximate surface area is 289 Å². The zero-order valence-electron chi connectivity index (χ0n) is 29.0. The number of hydrogen-bond donors (Lipinski definition) is 3. The van der Waals surface area contributed by atoms with Gasteiger partial charge >= 0.3 is 6.03 Å². The van der Waals surface area contributed by atoms with E-state index in [-0.39, 0.29) is 30.6 Å². The fourth-order valence-corrected chi connectivity index (χ4v) is 6.25. The second kappa shape index (κ2) is 17.2. The summed E-state index contributed by atoms with van der Waals surface area (Å²) < 4.78 is 12.8. The quantitative estimate of drug-likeness (QED) is 0.189. The number of aliphatic hydroxyl groups is 1. The van der Waals surface area contributed by atoms with E-state index in [1.165, 1.54) is 0 Å².